The molecular formula is C21H26N8O4. The van der Waals surface area contributed by atoms with Crippen molar-refractivity contribution in [1.29, 1.82) is 0 Å². The van der Waals surface area contributed by atoms with Gasteiger partial charge in [0.25, 0.3) is 0 Å². The number of nitrogens with two attached hydrogens (primary N) is 1. The average molecular weight is 454 g/mol. The number of aromatic nitrogens is 2. The number of furan rings is 1. The van der Waals surface area contributed by atoms with Crippen LogP contribution in [0.25, 0.3) is 11.3 Å². The first-order valence-corrected chi connectivity index (χ1v) is 10.4. The quantitative estimate of drug-likeness (QED) is 0.249. The van der Waals surface area contributed by atoms with Gasteiger partial charge in [-0.15, -0.1) is 5.23 Å². The molecule has 4 heterocycles. The van der Waals surface area contributed by atoms with Crippen LogP contribution in [0.15, 0.2) is 47.3 Å². The molecule has 1 fully saturated rings. The van der Waals surface area contributed by atoms with E-state index in [9.17, 15) is 4.79 Å². The van der Waals surface area contributed by atoms with Gasteiger partial charge in [-0.25, -0.2) is 9.97 Å². The molecule has 3 aromatic rings. The predicted octanol–water partition coefficient (Wildman–Crippen LogP) is 1.71. The SMILES string of the molecule is CN1CCN(c2ccc(NCCNc3ccc(N(O)O)c(N)n3)nc2-c2ccoc2)C(=O)C1. The minimum Gasteiger partial charge on any atom is -0.472 e. The molecule has 174 valence electrons. The summed E-state index contributed by atoms with van der Waals surface area (Å²) in [5, 5.41) is 24.4. The Morgan fingerprint density at radius 3 is 2.45 bits per heavy atom. The van der Waals surface area contributed by atoms with Crippen LogP contribution < -0.4 is 26.5 Å². The van der Waals surface area contributed by atoms with Gasteiger partial charge in [0.2, 0.25) is 5.91 Å². The fraction of sp³-hybridized carbons (Fsp3) is 0.286. The van der Waals surface area contributed by atoms with Crippen molar-refractivity contribution in [2.45, 2.75) is 0 Å². The van der Waals surface area contributed by atoms with E-state index in [1.807, 2.05) is 30.1 Å². The molecule has 0 saturated carbocycles. The van der Waals surface area contributed by atoms with Crippen LogP contribution in [0.5, 0.6) is 0 Å². The highest BCUT2D eigenvalue weighted by Crippen LogP contribution is 2.32. The summed E-state index contributed by atoms with van der Waals surface area (Å²) in [6.07, 6.45) is 3.19. The zero-order chi connectivity index (χ0) is 23.4. The third-order valence-electron chi connectivity index (χ3n) is 5.23. The summed E-state index contributed by atoms with van der Waals surface area (Å²) < 4.78 is 5.24. The molecule has 0 bridgehead atoms. The van der Waals surface area contributed by atoms with Gasteiger partial charge in [0.05, 0.1) is 30.5 Å². The van der Waals surface area contributed by atoms with E-state index in [2.05, 4.69) is 15.6 Å². The lowest BCUT2D eigenvalue weighted by Crippen LogP contribution is -2.49. The molecular weight excluding hydrogens is 428 g/mol. The average Bonchev–Trinajstić information content (AvgIpc) is 3.32. The number of nitrogen functional groups attached to an aromatic ring is 1. The zero-order valence-electron chi connectivity index (χ0n) is 18.1. The molecule has 0 spiro atoms. The number of rotatable bonds is 8. The van der Waals surface area contributed by atoms with Crippen molar-refractivity contribution in [3.05, 3.63) is 42.9 Å². The smallest absolute Gasteiger partial charge is 0.241 e. The third-order valence-corrected chi connectivity index (χ3v) is 5.23. The number of anilines is 5. The highest BCUT2D eigenvalue weighted by atomic mass is 16.8. The Balaban J connectivity index is 1.43. The lowest BCUT2D eigenvalue weighted by molar-refractivity contribution is -0.120. The number of amides is 1. The van der Waals surface area contributed by atoms with E-state index >= 15 is 0 Å². The van der Waals surface area contributed by atoms with Gasteiger partial charge >= 0.3 is 0 Å². The molecule has 3 aromatic heterocycles. The first-order valence-electron chi connectivity index (χ1n) is 10.4. The normalized spacial score (nSPS) is 14.4. The molecule has 0 aromatic carbocycles. The van der Waals surface area contributed by atoms with Gasteiger partial charge < -0.3 is 25.7 Å². The second-order valence-electron chi connectivity index (χ2n) is 7.60. The van der Waals surface area contributed by atoms with Crippen LogP contribution in [0.1, 0.15) is 0 Å². The molecule has 1 saturated heterocycles. The van der Waals surface area contributed by atoms with Gasteiger partial charge in [-0.3, -0.25) is 20.1 Å². The van der Waals surface area contributed by atoms with Crippen LogP contribution in [0.3, 0.4) is 0 Å². The van der Waals surface area contributed by atoms with E-state index in [-0.39, 0.29) is 22.6 Å². The van der Waals surface area contributed by atoms with Crippen LogP contribution in [0, 0.1) is 0 Å². The van der Waals surface area contributed by atoms with Gasteiger partial charge in [-0.1, -0.05) is 0 Å². The first kappa shape index (κ1) is 22.3. The van der Waals surface area contributed by atoms with Gasteiger partial charge in [0.1, 0.15) is 17.3 Å². The Morgan fingerprint density at radius 1 is 1.09 bits per heavy atom. The zero-order valence-corrected chi connectivity index (χ0v) is 18.1. The number of carbonyl (C=O) groups excluding carboxylic acids is 1. The van der Waals surface area contributed by atoms with E-state index in [1.165, 1.54) is 6.07 Å². The minimum atomic E-state index is -0.0731. The highest BCUT2D eigenvalue weighted by Gasteiger charge is 2.26. The summed E-state index contributed by atoms with van der Waals surface area (Å²) >= 11 is 0. The van der Waals surface area contributed by atoms with Gasteiger partial charge in [0, 0.05) is 31.7 Å². The molecule has 0 radical (unpaired) electrons. The second-order valence-corrected chi connectivity index (χ2v) is 7.60. The predicted molar refractivity (Wildman–Crippen MR) is 123 cm³/mol. The Bertz CT molecular complexity index is 1110. The maximum Gasteiger partial charge on any atom is 0.241 e. The van der Waals surface area contributed by atoms with Gasteiger partial charge in [-0.05, 0) is 37.4 Å². The molecule has 33 heavy (non-hydrogen) atoms. The van der Waals surface area contributed by atoms with E-state index in [0.29, 0.717) is 43.5 Å². The summed E-state index contributed by atoms with van der Waals surface area (Å²) in [7, 11) is 1.93. The van der Waals surface area contributed by atoms with Crippen molar-refractivity contribution in [3.8, 4) is 11.3 Å². The molecule has 0 atom stereocenters. The van der Waals surface area contributed by atoms with E-state index in [4.69, 9.17) is 25.5 Å². The fourth-order valence-corrected chi connectivity index (χ4v) is 3.54. The summed E-state index contributed by atoms with van der Waals surface area (Å²) in [5.41, 5.74) is 7.90. The molecule has 12 heteroatoms. The minimum absolute atomic E-state index is 0.00595. The second kappa shape index (κ2) is 9.73. The maximum absolute atomic E-state index is 12.6. The number of hydrogen-bond donors (Lipinski definition) is 5. The first-order chi connectivity index (χ1) is 15.9. The molecule has 1 amide bonds. The van der Waals surface area contributed by atoms with Crippen molar-refractivity contribution in [2.24, 2.45) is 0 Å². The van der Waals surface area contributed by atoms with Crippen LogP contribution in [-0.4, -0.2) is 71.0 Å². The monoisotopic (exact) mass is 454 g/mol. The van der Waals surface area contributed by atoms with Crippen molar-refractivity contribution in [3.63, 3.8) is 0 Å². The standard InChI is InChI=1S/C21H26N8O4/c1-27-9-10-28(19(30)12-27)15-2-4-17(25-20(15)14-6-11-33-13-14)23-7-8-24-18-5-3-16(29(31)32)21(22)26-18/h2-6,11,13,31-32H,7-10,12H2,1H3,(H,23,25)(H3,22,24,26). The molecule has 6 N–H and O–H groups in total. The number of hydrogen-bond acceptors (Lipinski definition) is 11. The Hall–Kier alpha value is -3.87. The Morgan fingerprint density at radius 2 is 1.82 bits per heavy atom. The number of nitrogens with zero attached hydrogens (tertiary/aromatic N) is 5. The lowest BCUT2D eigenvalue weighted by Gasteiger charge is -2.33. The highest BCUT2D eigenvalue weighted by molar-refractivity contribution is 5.99. The largest absolute Gasteiger partial charge is 0.472 e. The topological polar surface area (TPSA) is 156 Å². The fourth-order valence-electron chi connectivity index (χ4n) is 3.54. The van der Waals surface area contributed by atoms with Crippen LogP contribution in [0.2, 0.25) is 0 Å². The van der Waals surface area contributed by atoms with Crippen molar-refractivity contribution in [2.75, 3.05) is 66.3 Å². The maximum atomic E-state index is 12.6. The van der Waals surface area contributed by atoms with Crippen molar-refractivity contribution in [1.82, 2.24) is 14.9 Å². The Kier molecular flexibility index (Phi) is 6.58. The molecule has 0 unspecified atom stereocenters. The van der Waals surface area contributed by atoms with Crippen LogP contribution in [0.4, 0.5) is 28.8 Å². The van der Waals surface area contributed by atoms with E-state index in [0.717, 1.165) is 17.8 Å². The number of likely N-dealkylation sites (N-methyl/N-ethyl adjacent to an activating group) is 1. The number of piperazine rings is 1. The van der Waals surface area contributed by atoms with Crippen molar-refractivity contribution >= 4 is 34.7 Å². The molecule has 4 rings (SSSR count). The van der Waals surface area contributed by atoms with Gasteiger partial charge in [-0.2, -0.15) is 0 Å². The summed E-state index contributed by atoms with van der Waals surface area (Å²) in [6, 6.07) is 8.58. The molecule has 0 aliphatic carbocycles. The molecule has 12 nitrogen and oxygen atoms in total. The third kappa shape index (κ3) is 5.14. The van der Waals surface area contributed by atoms with Crippen LogP contribution >= 0.6 is 0 Å². The Labute approximate surface area is 190 Å². The molecule has 1 aliphatic heterocycles. The number of nitrogens with one attached hydrogen (secondary N) is 2. The van der Waals surface area contributed by atoms with Gasteiger partial charge in [0.15, 0.2) is 5.82 Å². The summed E-state index contributed by atoms with van der Waals surface area (Å²) in [4.78, 5) is 25.2. The number of carbonyl (C=O) groups is 1. The molecule has 1 aliphatic rings. The van der Waals surface area contributed by atoms with Crippen LogP contribution in [-0.2, 0) is 4.79 Å². The summed E-state index contributed by atoms with van der Waals surface area (Å²) in [6.45, 7) is 2.79. The lowest BCUT2D eigenvalue weighted by atomic mass is 10.1. The number of pyridine rings is 2. The van der Waals surface area contributed by atoms with E-state index in [1.54, 1.807) is 23.5 Å². The van der Waals surface area contributed by atoms with Crippen molar-refractivity contribution < 1.29 is 19.6 Å². The summed E-state index contributed by atoms with van der Waals surface area (Å²) in [5.74, 6) is 1.16. The van der Waals surface area contributed by atoms with E-state index < -0.39 is 0 Å².